The van der Waals surface area contributed by atoms with Gasteiger partial charge in [-0.2, -0.15) is 11.8 Å². The van der Waals surface area contributed by atoms with Crippen LogP contribution < -0.4 is 21.7 Å². The van der Waals surface area contributed by atoms with E-state index in [2.05, 4.69) is 16.0 Å². The molecule has 0 aliphatic heterocycles. The second-order valence-corrected chi connectivity index (χ2v) is 8.92. The van der Waals surface area contributed by atoms with Crippen molar-refractivity contribution in [3.8, 4) is 0 Å². The van der Waals surface area contributed by atoms with Crippen LogP contribution in [0.15, 0.2) is 30.3 Å². The highest BCUT2D eigenvalue weighted by Crippen LogP contribution is 2.06. The molecule has 1 aromatic rings. The molecule has 9 nitrogen and oxygen atoms in total. The van der Waals surface area contributed by atoms with Crippen molar-refractivity contribution in [2.24, 2.45) is 11.7 Å². The zero-order valence-corrected chi connectivity index (χ0v) is 19.8. The van der Waals surface area contributed by atoms with Crippen molar-refractivity contribution in [2.45, 2.75) is 57.8 Å². The lowest BCUT2D eigenvalue weighted by Crippen LogP contribution is -2.57. The summed E-state index contributed by atoms with van der Waals surface area (Å²) in [5.41, 5.74) is 6.91. The number of rotatable bonds is 13. The standard InChI is InChI=1S/C22H34N4O5S/c1-13(2)18(26-20(28)16(23)12-15-8-6-5-7-9-15)21(29)24-14(3)19(27)25-17(22(30)31)10-11-32-4/h5-9,13-14,16-18H,10-12,23H2,1-4H3,(H,24,29)(H,25,27)(H,26,28)(H,30,31). The van der Waals surface area contributed by atoms with Crippen molar-refractivity contribution in [3.63, 3.8) is 0 Å². The Balaban J connectivity index is 2.69. The van der Waals surface area contributed by atoms with E-state index in [1.165, 1.54) is 18.7 Å². The molecule has 0 radical (unpaired) electrons. The summed E-state index contributed by atoms with van der Waals surface area (Å²) in [5.74, 6) is -2.44. The van der Waals surface area contributed by atoms with Gasteiger partial charge in [0.15, 0.2) is 0 Å². The van der Waals surface area contributed by atoms with Crippen LogP contribution >= 0.6 is 11.8 Å². The number of hydrogen-bond donors (Lipinski definition) is 5. The fourth-order valence-electron chi connectivity index (χ4n) is 2.91. The van der Waals surface area contributed by atoms with Crippen molar-refractivity contribution in [3.05, 3.63) is 35.9 Å². The molecule has 3 amide bonds. The van der Waals surface area contributed by atoms with Gasteiger partial charge in [-0.3, -0.25) is 14.4 Å². The Morgan fingerprint density at radius 2 is 1.59 bits per heavy atom. The minimum atomic E-state index is -1.13. The Labute approximate surface area is 193 Å². The second kappa shape index (κ2) is 13.7. The van der Waals surface area contributed by atoms with Crippen molar-refractivity contribution in [1.82, 2.24) is 16.0 Å². The number of carbonyl (C=O) groups excluding carboxylic acids is 3. The lowest BCUT2D eigenvalue weighted by atomic mass is 10.0. The first-order chi connectivity index (χ1) is 15.1. The minimum absolute atomic E-state index is 0.258. The Morgan fingerprint density at radius 3 is 2.12 bits per heavy atom. The maximum atomic E-state index is 12.7. The van der Waals surface area contributed by atoms with E-state index in [0.29, 0.717) is 12.2 Å². The van der Waals surface area contributed by atoms with Crippen molar-refractivity contribution < 1.29 is 24.3 Å². The zero-order chi connectivity index (χ0) is 24.3. The van der Waals surface area contributed by atoms with Gasteiger partial charge in [0, 0.05) is 0 Å². The average molecular weight is 467 g/mol. The minimum Gasteiger partial charge on any atom is -0.480 e. The van der Waals surface area contributed by atoms with Crippen LogP contribution in [0.3, 0.4) is 0 Å². The molecule has 4 atom stereocenters. The molecule has 1 aromatic carbocycles. The molecule has 0 saturated heterocycles. The quantitative estimate of drug-likeness (QED) is 0.284. The first kappa shape index (κ1) is 27.4. The van der Waals surface area contributed by atoms with Gasteiger partial charge >= 0.3 is 5.97 Å². The van der Waals surface area contributed by atoms with Crippen molar-refractivity contribution in [2.75, 3.05) is 12.0 Å². The van der Waals surface area contributed by atoms with Gasteiger partial charge in [0.05, 0.1) is 6.04 Å². The maximum Gasteiger partial charge on any atom is 0.326 e. The Morgan fingerprint density at radius 1 is 0.969 bits per heavy atom. The Bertz CT molecular complexity index is 775. The van der Waals surface area contributed by atoms with Crippen LogP contribution in [-0.4, -0.2) is 65.0 Å². The van der Waals surface area contributed by atoms with E-state index >= 15 is 0 Å². The number of thioether (sulfide) groups is 1. The molecule has 0 aliphatic carbocycles. The third-order valence-corrected chi connectivity index (χ3v) is 5.50. The second-order valence-electron chi connectivity index (χ2n) is 7.94. The van der Waals surface area contributed by atoms with Crippen molar-refractivity contribution in [1.29, 1.82) is 0 Å². The van der Waals surface area contributed by atoms with E-state index in [4.69, 9.17) is 5.73 Å². The number of benzene rings is 1. The summed E-state index contributed by atoms with van der Waals surface area (Å²) >= 11 is 1.47. The molecule has 0 aromatic heterocycles. The zero-order valence-electron chi connectivity index (χ0n) is 19.0. The van der Waals surface area contributed by atoms with Crippen LogP contribution in [0.4, 0.5) is 0 Å². The van der Waals surface area contributed by atoms with Gasteiger partial charge < -0.3 is 26.8 Å². The third-order valence-electron chi connectivity index (χ3n) is 4.86. The van der Waals surface area contributed by atoms with E-state index < -0.39 is 47.9 Å². The number of aliphatic carboxylic acids is 1. The highest BCUT2D eigenvalue weighted by atomic mass is 32.2. The molecule has 6 N–H and O–H groups in total. The van der Waals surface area contributed by atoms with Gasteiger partial charge in [-0.15, -0.1) is 0 Å². The summed E-state index contributed by atoms with van der Waals surface area (Å²) < 4.78 is 0. The number of nitrogens with two attached hydrogens (primary N) is 1. The van der Waals surface area contributed by atoms with Gasteiger partial charge in [0.1, 0.15) is 18.1 Å². The summed E-state index contributed by atoms with van der Waals surface area (Å²) in [5, 5.41) is 16.9. The van der Waals surface area contributed by atoms with Crippen LogP contribution in [0.5, 0.6) is 0 Å². The van der Waals surface area contributed by atoms with E-state index in [9.17, 15) is 24.3 Å². The maximum absolute atomic E-state index is 12.7. The molecule has 178 valence electrons. The van der Waals surface area contributed by atoms with Gasteiger partial charge in [0.2, 0.25) is 17.7 Å². The average Bonchev–Trinajstić information content (AvgIpc) is 2.74. The molecule has 0 fully saturated rings. The molecule has 4 unspecified atom stereocenters. The lowest BCUT2D eigenvalue weighted by molar-refractivity contribution is -0.142. The first-order valence-corrected chi connectivity index (χ1v) is 11.9. The fraction of sp³-hybridized carbons (Fsp3) is 0.545. The molecule has 0 aliphatic rings. The van der Waals surface area contributed by atoms with Crippen LogP contribution in [0, 0.1) is 5.92 Å². The van der Waals surface area contributed by atoms with Crippen LogP contribution in [0.25, 0.3) is 0 Å². The summed E-state index contributed by atoms with van der Waals surface area (Å²) in [7, 11) is 0. The third kappa shape index (κ3) is 9.27. The lowest BCUT2D eigenvalue weighted by Gasteiger charge is -2.25. The predicted octanol–water partition coefficient (Wildman–Crippen LogP) is 0.524. The summed E-state index contributed by atoms with van der Waals surface area (Å²) in [6.07, 6.45) is 2.44. The van der Waals surface area contributed by atoms with Crippen LogP contribution in [-0.2, 0) is 25.6 Å². The van der Waals surface area contributed by atoms with E-state index in [1.807, 2.05) is 36.6 Å². The van der Waals surface area contributed by atoms with Gasteiger partial charge in [-0.1, -0.05) is 44.2 Å². The topological polar surface area (TPSA) is 151 Å². The number of carboxylic acid groups (broad SMARTS) is 1. The molecular formula is C22H34N4O5S. The van der Waals surface area contributed by atoms with Crippen LogP contribution in [0.1, 0.15) is 32.8 Å². The Hall–Kier alpha value is -2.59. The summed E-state index contributed by atoms with van der Waals surface area (Å²) in [6.45, 7) is 4.99. The van der Waals surface area contributed by atoms with E-state index in [0.717, 1.165) is 5.56 Å². The number of nitrogens with one attached hydrogen (secondary N) is 3. The molecule has 0 heterocycles. The molecule has 0 saturated carbocycles. The SMILES string of the molecule is CSCCC(NC(=O)C(C)NC(=O)C(NC(=O)C(N)Cc1ccccc1)C(C)C)C(=O)O. The molecule has 0 bridgehead atoms. The highest BCUT2D eigenvalue weighted by Gasteiger charge is 2.29. The fourth-order valence-corrected chi connectivity index (χ4v) is 3.39. The molecular weight excluding hydrogens is 432 g/mol. The van der Waals surface area contributed by atoms with Gasteiger partial charge in [0.25, 0.3) is 0 Å². The molecule has 0 spiro atoms. The van der Waals surface area contributed by atoms with E-state index in [-0.39, 0.29) is 12.3 Å². The van der Waals surface area contributed by atoms with E-state index in [1.54, 1.807) is 13.8 Å². The first-order valence-electron chi connectivity index (χ1n) is 10.5. The highest BCUT2D eigenvalue weighted by molar-refractivity contribution is 7.98. The largest absolute Gasteiger partial charge is 0.480 e. The molecule has 1 rings (SSSR count). The smallest absolute Gasteiger partial charge is 0.326 e. The van der Waals surface area contributed by atoms with Gasteiger partial charge in [-0.25, -0.2) is 4.79 Å². The summed E-state index contributed by atoms with van der Waals surface area (Å²) in [6, 6.07) is 5.56. The van der Waals surface area contributed by atoms with Crippen LogP contribution in [0.2, 0.25) is 0 Å². The Kier molecular flexibility index (Phi) is 11.8. The number of amides is 3. The van der Waals surface area contributed by atoms with Crippen molar-refractivity contribution >= 4 is 35.5 Å². The number of carbonyl (C=O) groups is 4. The van der Waals surface area contributed by atoms with Gasteiger partial charge in [-0.05, 0) is 43.3 Å². The molecule has 10 heteroatoms. The summed E-state index contributed by atoms with van der Waals surface area (Å²) in [4.78, 5) is 49.0. The molecule has 32 heavy (non-hydrogen) atoms. The normalized spacial score (nSPS) is 14.7. The number of carboxylic acids is 1. The number of hydrogen-bond acceptors (Lipinski definition) is 6. The predicted molar refractivity (Wildman–Crippen MR) is 125 cm³/mol. The monoisotopic (exact) mass is 466 g/mol.